The fourth-order valence-electron chi connectivity index (χ4n) is 4.49. The van der Waals surface area contributed by atoms with Gasteiger partial charge in [0.2, 0.25) is 5.91 Å². The first-order valence-corrected chi connectivity index (χ1v) is 11.5. The van der Waals surface area contributed by atoms with Gasteiger partial charge in [0.25, 0.3) is 5.91 Å². The summed E-state index contributed by atoms with van der Waals surface area (Å²) in [5.74, 6) is -1.21. The van der Waals surface area contributed by atoms with Gasteiger partial charge in [-0.3, -0.25) is 14.4 Å². The molecule has 0 unspecified atom stereocenters. The van der Waals surface area contributed by atoms with Crippen molar-refractivity contribution in [3.8, 4) is 5.75 Å². The molecule has 0 aliphatic carbocycles. The van der Waals surface area contributed by atoms with Crippen LogP contribution in [-0.2, 0) is 14.4 Å². The van der Waals surface area contributed by atoms with Crippen LogP contribution in [0, 0.1) is 11.7 Å². The lowest BCUT2D eigenvalue weighted by molar-refractivity contribution is -0.126. The van der Waals surface area contributed by atoms with E-state index in [-0.39, 0.29) is 11.7 Å². The number of benzene rings is 3. The highest BCUT2D eigenvalue weighted by Crippen LogP contribution is 2.47. The zero-order valence-electron chi connectivity index (χ0n) is 18.8. The van der Waals surface area contributed by atoms with E-state index in [4.69, 9.17) is 9.57 Å². The molecule has 0 spiro atoms. The third-order valence-electron chi connectivity index (χ3n) is 6.20. The molecule has 3 aromatic carbocycles. The van der Waals surface area contributed by atoms with Gasteiger partial charge in [0.05, 0.1) is 24.0 Å². The lowest BCUT2D eigenvalue weighted by Crippen LogP contribution is -2.37. The van der Waals surface area contributed by atoms with Crippen LogP contribution in [0.25, 0.3) is 0 Å². The van der Waals surface area contributed by atoms with Gasteiger partial charge in [-0.2, -0.15) is 0 Å². The van der Waals surface area contributed by atoms with Crippen molar-refractivity contribution in [1.82, 2.24) is 0 Å². The minimum absolute atomic E-state index is 0.345. The first kappa shape index (κ1) is 22.1. The zero-order valence-corrected chi connectivity index (χ0v) is 18.8. The molecule has 0 N–H and O–H groups in total. The molecule has 2 heterocycles. The molecule has 5 rings (SSSR count). The van der Waals surface area contributed by atoms with Gasteiger partial charge < -0.3 is 4.74 Å². The van der Waals surface area contributed by atoms with E-state index < -0.39 is 24.0 Å². The van der Waals surface area contributed by atoms with Crippen molar-refractivity contribution >= 4 is 23.2 Å². The topological polar surface area (TPSA) is 59.1 Å². The van der Waals surface area contributed by atoms with Crippen molar-refractivity contribution in [1.29, 1.82) is 0 Å². The predicted molar refractivity (Wildman–Crippen MR) is 126 cm³/mol. The van der Waals surface area contributed by atoms with Crippen LogP contribution < -0.4 is 14.7 Å². The summed E-state index contributed by atoms with van der Waals surface area (Å²) in [6.07, 6.45) is 1.02. The van der Waals surface area contributed by atoms with E-state index >= 15 is 0 Å². The number of ether oxygens (including phenoxy) is 1. The summed E-state index contributed by atoms with van der Waals surface area (Å²) in [6.45, 7) is 2.71. The maximum absolute atomic E-state index is 13.6. The summed E-state index contributed by atoms with van der Waals surface area (Å²) in [5, 5.41) is 1.60. The average molecular weight is 461 g/mol. The standard InChI is InChI=1S/C27H25FN2O4/c1-2-3-17-33-22-15-13-20(14-16-22)29-26(31)23-24(18-9-11-19(28)12-10-18)30(34-25(23)27(29)32)21-7-5-4-6-8-21/h4-16,23-25H,2-3,17H2,1H3/t23-,24+,25-/m1/s1. The molecular formula is C27H25FN2O4. The number of para-hydroxylation sites is 1. The number of carbonyl (C=O) groups is 2. The van der Waals surface area contributed by atoms with Crippen LogP contribution in [0.4, 0.5) is 15.8 Å². The van der Waals surface area contributed by atoms with Crippen LogP contribution in [0.5, 0.6) is 5.75 Å². The van der Waals surface area contributed by atoms with E-state index in [0.717, 1.165) is 12.8 Å². The van der Waals surface area contributed by atoms with Crippen molar-refractivity contribution in [2.75, 3.05) is 16.6 Å². The van der Waals surface area contributed by atoms with Crippen LogP contribution in [-0.4, -0.2) is 24.5 Å². The summed E-state index contributed by atoms with van der Waals surface area (Å²) in [7, 11) is 0. The normalized spacial score (nSPS) is 21.8. The quantitative estimate of drug-likeness (QED) is 0.365. The Morgan fingerprint density at radius 3 is 2.26 bits per heavy atom. The Morgan fingerprint density at radius 1 is 0.882 bits per heavy atom. The number of rotatable bonds is 7. The minimum atomic E-state index is -0.969. The molecule has 174 valence electrons. The smallest absolute Gasteiger partial charge is 0.266 e. The SMILES string of the molecule is CCCCOc1ccc(N2C(=O)[C@H]3[C@@H](ON(c4ccccc4)[C@H]3c3ccc(F)cc3)C2=O)cc1. The number of hydrogen-bond acceptors (Lipinski definition) is 5. The number of hydroxylamine groups is 1. The van der Waals surface area contributed by atoms with Crippen LogP contribution in [0.3, 0.4) is 0 Å². The summed E-state index contributed by atoms with van der Waals surface area (Å²) in [4.78, 5) is 34.3. The highest BCUT2D eigenvalue weighted by molar-refractivity contribution is 6.23. The fourth-order valence-corrected chi connectivity index (χ4v) is 4.49. The van der Waals surface area contributed by atoms with Crippen molar-refractivity contribution in [3.05, 3.63) is 90.2 Å². The maximum Gasteiger partial charge on any atom is 0.266 e. The summed E-state index contributed by atoms with van der Waals surface area (Å²) >= 11 is 0. The number of carbonyl (C=O) groups excluding carboxylic acids is 2. The Labute approximate surface area is 197 Å². The van der Waals surface area contributed by atoms with Crippen LogP contribution in [0.1, 0.15) is 31.4 Å². The Balaban J connectivity index is 1.46. The van der Waals surface area contributed by atoms with Gasteiger partial charge in [0, 0.05) is 0 Å². The molecular weight excluding hydrogens is 435 g/mol. The van der Waals surface area contributed by atoms with Gasteiger partial charge in [-0.1, -0.05) is 43.7 Å². The lowest BCUT2D eigenvalue weighted by atomic mass is 9.90. The number of hydrogen-bond donors (Lipinski definition) is 0. The number of halogens is 1. The molecule has 2 fully saturated rings. The Morgan fingerprint density at radius 2 is 1.59 bits per heavy atom. The second kappa shape index (κ2) is 9.27. The molecule has 0 radical (unpaired) electrons. The van der Waals surface area contributed by atoms with E-state index in [0.29, 0.717) is 29.3 Å². The third-order valence-corrected chi connectivity index (χ3v) is 6.20. The molecule has 0 aromatic heterocycles. The molecule has 2 amide bonds. The third kappa shape index (κ3) is 3.92. The van der Waals surface area contributed by atoms with E-state index in [1.807, 2.05) is 30.3 Å². The number of unbranched alkanes of at least 4 members (excludes halogenated alkanes) is 1. The lowest BCUT2D eigenvalue weighted by Gasteiger charge is -2.28. The first-order valence-electron chi connectivity index (χ1n) is 11.5. The van der Waals surface area contributed by atoms with Crippen molar-refractivity contribution in [2.24, 2.45) is 5.92 Å². The highest BCUT2D eigenvalue weighted by Gasteiger charge is 2.60. The number of anilines is 2. The molecule has 2 saturated heterocycles. The molecule has 3 atom stereocenters. The Hall–Kier alpha value is -3.71. The van der Waals surface area contributed by atoms with Crippen LogP contribution in [0.2, 0.25) is 0 Å². The van der Waals surface area contributed by atoms with Crippen LogP contribution >= 0.6 is 0 Å². The molecule has 0 saturated carbocycles. The highest BCUT2D eigenvalue weighted by atomic mass is 19.1. The summed E-state index contributed by atoms with van der Waals surface area (Å²) in [5.41, 5.74) is 1.88. The molecule has 0 bridgehead atoms. The summed E-state index contributed by atoms with van der Waals surface area (Å²) < 4.78 is 19.3. The van der Waals surface area contributed by atoms with Crippen molar-refractivity contribution < 1.29 is 23.6 Å². The number of imide groups is 1. The average Bonchev–Trinajstić information content (AvgIpc) is 3.37. The van der Waals surface area contributed by atoms with Gasteiger partial charge in [0.15, 0.2) is 6.10 Å². The zero-order chi connectivity index (χ0) is 23.7. The maximum atomic E-state index is 13.6. The minimum Gasteiger partial charge on any atom is -0.494 e. The molecule has 2 aliphatic heterocycles. The van der Waals surface area contributed by atoms with Crippen molar-refractivity contribution in [3.63, 3.8) is 0 Å². The Bertz CT molecular complexity index is 1170. The van der Waals surface area contributed by atoms with Gasteiger partial charge in [-0.25, -0.2) is 14.4 Å². The predicted octanol–water partition coefficient (Wildman–Crippen LogP) is 5.06. The summed E-state index contributed by atoms with van der Waals surface area (Å²) in [6, 6.07) is 21.6. The first-order chi connectivity index (χ1) is 16.6. The second-order valence-electron chi connectivity index (χ2n) is 8.42. The molecule has 34 heavy (non-hydrogen) atoms. The Kier molecular flexibility index (Phi) is 6.02. The van der Waals surface area contributed by atoms with E-state index in [1.165, 1.54) is 17.0 Å². The molecule has 7 heteroatoms. The van der Waals surface area contributed by atoms with E-state index in [1.54, 1.807) is 41.5 Å². The van der Waals surface area contributed by atoms with Gasteiger partial charge in [-0.05, 0) is 60.5 Å². The van der Waals surface area contributed by atoms with Gasteiger partial charge in [0.1, 0.15) is 17.5 Å². The van der Waals surface area contributed by atoms with Crippen LogP contribution in [0.15, 0.2) is 78.9 Å². The number of nitrogens with zero attached hydrogens (tertiary/aromatic N) is 2. The molecule has 3 aromatic rings. The molecule has 6 nitrogen and oxygen atoms in total. The molecule has 2 aliphatic rings. The van der Waals surface area contributed by atoms with Crippen molar-refractivity contribution in [2.45, 2.75) is 31.9 Å². The fraction of sp³-hybridized carbons (Fsp3) is 0.259. The van der Waals surface area contributed by atoms with E-state index in [2.05, 4.69) is 6.92 Å². The van der Waals surface area contributed by atoms with E-state index in [9.17, 15) is 14.0 Å². The van der Waals surface area contributed by atoms with Gasteiger partial charge in [-0.15, -0.1) is 0 Å². The monoisotopic (exact) mass is 460 g/mol. The second-order valence-corrected chi connectivity index (χ2v) is 8.42. The largest absolute Gasteiger partial charge is 0.494 e. The number of amides is 2. The number of fused-ring (bicyclic) bond motifs is 1. The van der Waals surface area contributed by atoms with Gasteiger partial charge >= 0.3 is 0 Å².